The first-order valence-electron chi connectivity index (χ1n) is 5.39. The van der Waals surface area contributed by atoms with Gasteiger partial charge < -0.3 is 5.32 Å². The van der Waals surface area contributed by atoms with Gasteiger partial charge in [0.2, 0.25) is 0 Å². The van der Waals surface area contributed by atoms with Crippen LogP contribution in [0.25, 0.3) is 0 Å². The lowest BCUT2D eigenvalue weighted by molar-refractivity contribution is 0.572. The summed E-state index contributed by atoms with van der Waals surface area (Å²) in [6.45, 7) is 4.98. The molecule has 84 valence electrons. The minimum Gasteiger partial charge on any atom is -0.306 e. The Labute approximate surface area is 95.1 Å². The zero-order valence-corrected chi connectivity index (χ0v) is 9.57. The molecular formula is C12H16N4. The third-order valence-electron chi connectivity index (χ3n) is 2.72. The van der Waals surface area contributed by atoms with Crippen molar-refractivity contribution in [3.63, 3.8) is 0 Å². The van der Waals surface area contributed by atoms with E-state index in [4.69, 9.17) is 0 Å². The third kappa shape index (κ3) is 2.46. The maximum Gasteiger partial charge on any atom is 0.0535 e. The van der Waals surface area contributed by atoms with E-state index in [2.05, 4.69) is 33.5 Å². The zero-order chi connectivity index (χ0) is 11.4. The Hall–Kier alpha value is -1.68. The molecule has 4 heteroatoms. The average Bonchev–Trinajstić information content (AvgIpc) is 2.73. The summed E-state index contributed by atoms with van der Waals surface area (Å²) >= 11 is 0. The van der Waals surface area contributed by atoms with Crippen molar-refractivity contribution in [1.29, 1.82) is 0 Å². The second-order valence-corrected chi connectivity index (χ2v) is 3.91. The van der Waals surface area contributed by atoms with Crippen molar-refractivity contribution < 1.29 is 0 Å². The predicted molar refractivity (Wildman–Crippen MR) is 62.8 cm³/mol. The minimum atomic E-state index is 0.294. The molecule has 2 N–H and O–H groups in total. The molecule has 0 radical (unpaired) electrons. The first-order valence-corrected chi connectivity index (χ1v) is 5.39. The fraction of sp³-hybridized carbons (Fsp3) is 0.333. The smallest absolute Gasteiger partial charge is 0.0535 e. The van der Waals surface area contributed by atoms with Crippen LogP contribution >= 0.6 is 0 Å². The number of pyridine rings is 1. The number of aromatic nitrogens is 3. The van der Waals surface area contributed by atoms with Crippen LogP contribution in [-0.2, 0) is 6.54 Å². The van der Waals surface area contributed by atoms with E-state index in [1.807, 2.05) is 25.4 Å². The molecule has 0 bridgehead atoms. The van der Waals surface area contributed by atoms with Gasteiger partial charge in [-0.1, -0.05) is 6.07 Å². The summed E-state index contributed by atoms with van der Waals surface area (Å²) in [5.74, 6) is 0. The van der Waals surface area contributed by atoms with Gasteiger partial charge in [0.15, 0.2) is 0 Å². The van der Waals surface area contributed by atoms with Crippen LogP contribution in [0.5, 0.6) is 0 Å². The lowest BCUT2D eigenvalue weighted by atomic mass is 10.1. The fourth-order valence-corrected chi connectivity index (χ4v) is 1.57. The normalized spacial score (nSPS) is 12.6. The number of nitrogens with one attached hydrogen (secondary N) is 2. The topological polar surface area (TPSA) is 53.6 Å². The molecule has 0 aliphatic carbocycles. The summed E-state index contributed by atoms with van der Waals surface area (Å²) in [6, 6.07) is 4.33. The summed E-state index contributed by atoms with van der Waals surface area (Å²) < 4.78 is 0. The van der Waals surface area contributed by atoms with Crippen molar-refractivity contribution >= 4 is 0 Å². The summed E-state index contributed by atoms with van der Waals surface area (Å²) in [5, 5.41) is 10.4. The molecule has 0 aromatic carbocycles. The predicted octanol–water partition coefficient (Wildman–Crippen LogP) is 1.96. The van der Waals surface area contributed by atoms with Gasteiger partial charge in [0.25, 0.3) is 0 Å². The molecular weight excluding hydrogens is 200 g/mol. The highest BCUT2D eigenvalue weighted by Gasteiger charge is 2.06. The molecule has 1 atom stereocenters. The molecule has 0 saturated carbocycles. The number of aryl methyl sites for hydroxylation is 1. The van der Waals surface area contributed by atoms with Crippen LogP contribution in [0.2, 0.25) is 0 Å². The molecule has 4 nitrogen and oxygen atoms in total. The van der Waals surface area contributed by atoms with Crippen LogP contribution < -0.4 is 5.32 Å². The Morgan fingerprint density at radius 3 is 2.94 bits per heavy atom. The molecule has 2 rings (SSSR count). The number of H-pyrrole nitrogens is 1. The Bertz CT molecular complexity index is 435. The number of hydrogen-bond acceptors (Lipinski definition) is 3. The van der Waals surface area contributed by atoms with E-state index in [0.717, 1.165) is 12.2 Å². The molecule has 0 unspecified atom stereocenters. The maximum absolute atomic E-state index is 4.11. The first-order chi connectivity index (χ1) is 7.77. The second kappa shape index (κ2) is 4.90. The summed E-state index contributed by atoms with van der Waals surface area (Å²) in [4.78, 5) is 4.11. The Morgan fingerprint density at radius 2 is 2.31 bits per heavy atom. The minimum absolute atomic E-state index is 0.294. The molecule has 0 amide bonds. The van der Waals surface area contributed by atoms with E-state index in [1.165, 1.54) is 11.1 Å². The monoisotopic (exact) mass is 216 g/mol. The second-order valence-electron chi connectivity index (χ2n) is 3.91. The van der Waals surface area contributed by atoms with Gasteiger partial charge in [0.1, 0.15) is 0 Å². The van der Waals surface area contributed by atoms with Crippen molar-refractivity contribution in [2.75, 3.05) is 0 Å². The standard InChI is InChI=1S/C12H16N4/c1-9(11-4-3-5-13-6-11)14-7-12-8-15-16-10(12)2/h3-6,8-9,14H,7H2,1-2H3,(H,15,16)/t9-/m0/s1. The Kier molecular flexibility index (Phi) is 3.31. The zero-order valence-electron chi connectivity index (χ0n) is 9.57. The lowest BCUT2D eigenvalue weighted by Gasteiger charge is -2.13. The summed E-state index contributed by atoms with van der Waals surface area (Å²) in [6.07, 6.45) is 5.54. The van der Waals surface area contributed by atoms with Crippen molar-refractivity contribution in [2.45, 2.75) is 26.4 Å². The van der Waals surface area contributed by atoms with E-state index in [0.29, 0.717) is 6.04 Å². The lowest BCUT2D eigenvalue weighted by Crippen LogP contribution is -2.18. The maximum atomic E-state index is 4.11. The van der Waals surface area contributed by atoms with E-state index in [-0.39, 0.29) is 0 Å². The SMILES string of the molecule is Cc1[nH]ncc1CN[C@@H](C)c1cccnc1. The highest BCUT2D eigenvalue weighted by Crippen LogP contribution is 2.11. The highest BCUT2D eigenvalue weighted by molar-refractivity contribution is 5.16. The van der Waals surface area contributed by atoms with E-state index in [9.17, 15) is 0 Å². The van der Waals surface area contributed by atoms with Gasteiger partial charge in [-0.2, -0.15) is 5.10 Å². The largest absolute Gasteiger partial charge is 0.306 e. The van der Waals surface area contributed by atoms with Crippen LogP contribution in [0, 0.1) is 6.92 Å². The number of nitrogens with zero attached hydrogens (tertiary/aromatic N) is 2. The van der Waals surface area contributed by atoms with E-state index in [1.54, 1.807) is 6.20 Å². The van der Waals surface area contributed by atoms with Crippen molar-refractivity contribution in [3.8, 4) is 0 Å². The van der Waals surface area contributed by atoms with Gasteiger partial charge in [0, 0.05) is 36.2 Å². The van der Waals surface area contributed by atoms with Crippen LogP contribution in [0.3, 0.4) is 0 Å². The van der Waals surface area contributed by atoms with Crippen molar-refractivity contribution in [2.24, 2.45) is 0 Å². The van der Waals surface area contributed by atoms with Gasteiger partial charge in [-0.05, 0) is 25.5 Å². The number of rotatable bonds is 4. The van der Waals surface area contributed by atoms with Crippen LogP contribution in [0.4, 0.5) is 0 Å². The average molecular weight is 216 g/mol. The molecule has 16 heavy (non-hydrogen) atoms. The molecule has 2 aromatic rings. The molecule has 0 fully saturated rings. The molecule has 0 aliphatic rings. The van der Waals surface area contributed by atoms with Crippen molar-refractivity contribution in [3.05, 3.63) is 47.5 Å². The van der Waals surface area contributed by atoms with Gasteiger partial charge in [-0.3, -0.25) is 10.1 Å². The van der Waals surface area contributed by atoms with Gasteiger partial charge >= 0.3 is 0 Å². The molecule has 0 aliphatic heterocycles. The van der Waals surface area contributed by atoms with Crippen molar-refractivity contribution in [1.82, 2.24) is 20.5 Å². The van der Waals surface area contributed by atoms with E-state index >= 15 is 0 Å². The molecule has 0 saturated heterocycles. The van der Waals surface area contributed by atoms with Gasteiger partial charge in [-0.15, -0.1) is 0 Å². The fourth-order valence-electron chi connectivity index (χ4n) is 1.57. The molecule has 2 heterocycles. The van der Waals surface area contributed by atoms with Gasteiger partial charge in [-0.25, -0.2) is 0 Å². The van der Waals surface area contributed by atoms with Crippen LogP contribution in [0.1, 0.15) is 29.8 Å². The highest BCUT2D eigenvalue weighted by atomic mass is 15.1. The Balaban J connectivity index is 1.94. The third-order valence-corrected chi connectivity index (χ3v) is 2.72. The molecule has 2 aromatic heterocycles. The summed E-state index contributed by atoms with van der Waals surface area (Å²) in [7, 11) is 0. The van der Waals surface area contributed by atoms with Gasteiger partial charge in [0.05, 0.1) is 6.20 Å². The quantitative estimate of drug-likeness (QED) is 0.821. The van der Waals surface area contributed by atoms with Crippen LogP contribution in [0.15, 0.2) is 30.7 Å². The molecule has 0 spiro atoms. The number of aromatic amines is 1. The van der Waals surface area contributed by atoms with E-state index < -0.39 is 0 Å². The Morgan fingerprint density at radius 1 is 1.44 bits per heavy atom. The summed E-state index contributed by atoms with van der Waals surface area (Å²) in [5.41, 5.74) is 3.52. The van der Waals surface area contributed by atoms with Crippen LogP contribution in [-0.4, -0.2) is 15.2 Å². The number of hydrogen-bond donors (Lipinski definition) is 2. The first kappa shape index (κ1) is 10.8.